The van der Waals surface area contributed by atoms with Gasteiger partial charge in [-0.2, -0.15) is 13.2 Å². The zero-order valence-electron chi connectivity index (χ0n) is 29.6. The number of benzene rings is 3. The van der Waals surface area contributed by atoms with Crippen LogP contribution in [0.4, 0.5) is 27.6 Å². The molecule has 1 saturated heterocycles. The molecule has 0 bridgehead atoms. The molecule has 12 nitrogen and oxygen atoms in total. The summed E-state index contributed by atoms with van der Waals surface area (Å²) in [6, 6.07) is 10.7. The molecule has 17 heteroatoms. The Bertz CT molecular complexity index is 2610. The number of morpholine rings is 1. The molecule has 1 N–H and O–H groups in total. The van der Waals surface area contributed by atoms with Crippen LogP contribution in [0.25, 0.3) is 27.5 Å². The van der Waals surface area contributed by atoms with Crippen LogP contribution < -0.4 is 26.2 Å². The van der Waals surface area contributed by atoms with E-state index in [4.69, 9.17) is 9.47 Å². The number of aromatic nitrogens is 4. The van der Waals surface area contributed by atoms with Crippen LogP contribution in [0.3, 0.4) is 0 Å². The number of fused-ring (bicyclic) bond motifs is 2. The Balaban J connectivity index is 1.26. The van der Waals surface area contributed by atoms with Crippen LogP contribution in [-0.2, 0) is 23.0 Å². The van der Waals surface area contributed by atoms with E-state index in [2.05, 4.69) is 15.3 Å². The molecule has 0 saturated carbocycles. The third-order valence-corrected chi connectivity index (χ3v) is 9.54. The first-order valence-electron chi connectivity index (χ1n) is 17.1. The molecule has 2 atom stereocenters. The number of esters is 1. The number of carbonyl (C=O) groups is 2. The number of hydrogen-bond donors (Lipinski definition) is 1. The van der Waals surface area contributed by atoms with Gasteiger partial charge in [0.15, 0.2) is 0 Å². The van der Waals surface area contributed by atoms with E-state index >= 15 is 4.39 Å². The summed E-state index contributed by atoms with van der Waals surface area (Å²) in [5.41, 5.74) is -0.878. The lowest BCUT2D eigenvalue weighted by atomic mass is 9.99. The first-order chi connectivity index (χ1) is 26.7. The lowest BCUT2D eigenvalue weighted by Gasteiger charge is -2.38. The third-order valence-electron chi connectivity index (χ3n) is 9.54. The van der Waals surface area contributed by atoms with E-state index in [1.54, 1.807) is 12.1 Å². The highest BCUT2D eigenvalue weighted by Gasteiger charge is 2.45. The van der Waals surface area contributed by atoms with E-state index in [1.807, 2.05) is 0 Å². The SMILES string of the molecule is Cc1cc(N2CCOC[C@@H]2C(F)(F)F)cc(F)c1C(=O)NC(Cc1ccc(-n2c(=O)c3ccncc3n(C)c2=O)c2ncccc12)C(=O)Oc1ccc(F)cc1. The molecule has 56 heavy (non-hydrogen) atoms. The van der Waals surface area contributed by atoms with Crippen molar-refractivity contribution in [2.24, 2.45) is 7.05 Å². The second kappa shape index (κ2) is 15.0. The number of carbonyl (C=O) groups excluding carboxylic acids is 2. The maximum absolute atomic E-state index is 15.8. The topological polar surface area (TPSA) is 138 Å². The van der Waals surface area contributed by atoms with Crippen LogP contribution in [0.2, 0.25) is 0 Å². The first kappa shape index (κ1) is 37.8. The highest BCUT2D eigenvalue weighted by atomic mass is 19.4. The molecule has 1 aliphatic heterocycles. The molecule has 4 heterocycles. The van der Waals surface area contributed by atoms with Gasteiger partial charge in [-0.15, -0.1) is 0 Å². The molecular formula is C39H31F5N6O6. The van der Waals surface area contributed by atoms with Gasteiger partial charge >= 0.3 is 17.8 Å². The minimum atomic E-state index is -4.67. The van der Waals surface area contributed by atoms with Gasteiger partial charge in [-0.25, -0.2) is 22.9 Å². The molecule has 3 aromatic heterocycles. The van der Waals surface area contributed by atoms with Crippen molar-refractivity contribution < 1.29 is 41.0 Å². The van der Waals surface area contributed by atoms with Crippen LogP contribution >= 0.6 is 0 Å². The molecule has 0 spiro atoms. The summed E-state index contributed by atoms with van der Waals surface area (Å²) in [5, 5.41) is 3.12. The number of amides is 1. The number of aryl methyl sites for hydroxylation is 2. The number of anilines is 1. The van der Waals surface area contributed by atoms with Crippen molar-refractivity contribution in [3.05, 3.63) is 134 Å². The number of alkyl halides is 3. The summed E-state index contributed by atoms with van der Waals surface area (Å²) in [5.74, 6) is -3.88. The predicted octanol–water partition coefficient (Wildman–Crippen LogP) is 4.93. The van der Waals surface area contributed by atoms with Crippen molar-refractivity contribution in [1.82, 2.24) is 24.4 Å². The Labute approximate surface area is 313 Å². The maximum Gasteiger partial charge on any atom is 0.411 e. The van der Waals surface area contributed by atoms with Gasteiger partial charge in [0.25, 0.3) is 11.5 Å². The minimum absolute atomic E-state index is 0.00670. The number of rotatable bonds is 8. The summed E-state index contributed by atoms with van der Waals surface area (Å²) in [4.78, 5) is 64.1. The fourth-order valence-electron chi connectivity index (χ4n) is 6.78. The Morgan fingerprint density at radius 2 is 1.79 bits per heavy atom. The van der Waals surface area contributed by atoms with Crippen molar-refractivity contribution in [2.75, 3.05) is 24.7 Å². The van der Waals surface area contributed by atoms with E-state index in [0.29, 0.717) is 16.5 Å². The van der Waals surface area contributed by atoms with Crippen molar-refractivity contribution in [1.29, 1.82) is 0 Å². The molecule has 6 aromatic rings. The van der Waals surface area contributed by atoms with Crippen LogP contribution in [0.1, 0.15) is 21.5 Å². The average Bonchev–Trinajstić information content (AvgIpc) is 3.17. The molecule has 0 aliphatic carbocycles. The van der Waals surface area contributed by atoms with Gasteiger partial charge in [0.2, 0.25) is 0 Å². The standard InChI is InChI=1S/C39H31F5N6O6/c1-21-16-24(49-14-15-55-20-32(49)39(42,43)44)18-28(41)33(21)35(51)47-29(37(53)56-25-8-6-23(40)7-9-25)17-22-5-10-30(34-26(22)4-3-12-46-34)50-36(52)27-11-13-45-19-31(27)48(2)38(50)54/h3-13,16,18-19,29,32H,14-15,17,20H2,1-2H3,(H,47,51)/t29?,32-/m1/s1. The summed E-state index contributed by atoms with van der Waals surface area (Å²) in [7, 11) is 1.49. The quantitative estimate of drug-likeness (QED) is 0.130. The van der Waals surface area contributed by atoms with Gasteiger partial charge in [0.1, 0.15) is 29.5 Å². The highest BCUT2D eigenvalue weighted by molar-refractivity contribution is 5.99. The van der Waals surface area contributed by atoms with E-state index in [1.165, 1.54) is 73.5 Å². The number of nitrogens with one attached hydrogen (secondary N) is 1. The van der Waals surface area contributed by atoms with Crippen molar-refractivity contribution >= 4 is 39.4 Å². The number of ether oxygens (including phenoxy) is 2. The van der Waals surface area contributed by atoms with E-state index in [0.717, 1.165) is 27.7 Å². The lowest BCUT2D eigenvalue weighted by molar-refractivity contribution is -0.167. The Hall–Kier alpha value is -6.49. The first-order valence-corrected chi connectivity index (χ1v) is 17.1. The van der Waals surface area contributed by atoms with Crippen molar-refractivity contribution in [3.63, 3.8) is 0 Å². The molecule has 1 fully saturated rings. The smallest absolute Gasteiger partial charge is 0.411 e. The largest absolute Gasteiger partial charge is 0.425 e. The summed E-state index contributed by atoms with van der Waals surface area (Å²) in [6.07, 6.45) is -0.691. The van der Waals surface area contributed by atoms with Crippen LogP contribution in [0, 0.1) is 18.6 Å². The van der Waals surface area contributed by atoms with Crippen LogP contribution in [0.5, 0.6) is 5.75 Å². The van der Waals surface area contributed by atoms with Gasteiger partial charge in [-0.05, 0) is 72.6 Å². The molecule has 1 amide bonds. The molecule has 1 unspecified atom stereocenters. The Morgan fingerprint density at radius 1 is 1.02 bits per heavy atom. The summed E-state index contributed by atoms with van der Waals surface area (Å²) < 4.78 is 83.5. The third kappa shape index (κ3) is 7.20. The monoisotopic (exact) mass is 774 g/mol. The maximum atomic E-state index is 15.8. The minimum Gasteiger partial charge on any atom is -0.425 e. The molecular weight excluding hydrogens is 743 g/mol. The molecule has 1 aliphatic rings. The number of nitrogens with zero attached hydrogens (tertiary/aromatic N) is 5. The van der Waals surface area contributed by atoms with Gasteiger partial charge in [0, 0.05) is 43.5 Å². The van der Waals surface area contributed by atoms with Gasteiger partial charge in [0.05, 0.1) is 47.1 Å². The lowest BCUT2D eigenvalue weighted by Crippen LogP contribution is -2.53. The summed E-state index contributed by atoms with van der Waals surface area (Å²) >= 11 is 0. The highest BCUT2D eigenvalue weighted by Crippen LogP contribution is 2.33. The number of halogens is 5. The Morgan fingerprint density at radius 3 is 2.52 bits per heavy atom. The van der Waals surface area contributed by atoms with Crippen molar-refractivity contribution in [2.45, 2.75) is 31.6 Å². The van der Waals surface area contributed by atoms with Gasteiger partial charge in [-0.1, -0.05) is 12.1 Å². The average molecular weight is 775 g/mol. The molecule has 3 aromatic carbocycles. The van der Waals surface area contributed by atoms with E-state index < -0.39 is 65.2 Å². The van der Waals surface area contributed by atoms with Crippen molar-refractivity contribution in [3.8, 4) is 11.4 Å². The Kier molecular flexibility index (Phi) is 10.1. The second-order valence-corrected chi connectivity index (χ2v) is 13.1. The number of pyridine rings is 2. The number of hydrogen-bond acceptors (Lipinski definition) is 9. The molecule has 288 valence electrons. The fourth-order valence-corrected chi connectivity index (χ4v) is 6.78. The fraction of sp³-hybridized carbons (Fsp3) is 0.231. The molecule has 0 radical (unpaired) electrons. The normalized spacial score (nSPS) is 15.2. The summed E-state index contributed by atoms with van der Waals surface area (Å²) in [6.45, 7) is 0.507. The van der Waals surface area contributed by atoms with Crippen LogP contribution in [-0.4, -0.2) is 69.0 Å². The molecule has 7 rings (SSSR count). The second-order valence-electron chi connectivity index (χ2n) is 13.1. The zero-order chi connectivity index (χ0) is 39.9. The van der Waals surface area contributed by atoms with E-state index in [9.17, 15) is 36.7 Å². The van der Waals surface area contributed by atoms with Crippen LogP contribution in [0.15, 0.2) is 94.9 Å². The van der Waals surface area contributed by atoms with Gasteiger partial charge < -0.3 is 19.7 Å². The zero-order valence-corrected chi connectivity index (χ0v) is 29.6. The van der Waals surface area contributed by atoms with E-state index in [-0.39, 0.29) is 53.2 Å². The van der Waals surface area contributed by atoms with Gasteiger partial charge in [-0.3, -0.25) is 24.1 Å². The predicted molar refractivity (Wildman–Crippen MR) is 194 cm³/mol.